The second kappa shape index (κ2) is 5.54. The van der Waals surface area contributed by atoms with Crippen molar-refractivity contribution in [2.45, 2.75) is 39.0 Å². The Morgan fingerprint density at radius 2 is 1.93 bits per heavy atom. The predicted molar refractivity (Wildman–Crippen MR) is 62.6 cm³/mol. The van der Waals surface area contributed by atoms with Crippen LogP contribution in [0.25, 0.3) is 0 Å². The maximum Gasteiger partial charge on any atom is 0.217 e. The summed E-state index contributed by atoms with van der Waals surface area (Å²) in [6, 6.07) is 8.51. The number of carbonyl (C=O) groups excluding carboxylic acids is 1. The molecule has 82 valence electrons. The Balaban J connectivity index is 2.65. The molecule has 2 heteroatoms. The normalized spacial score (nSPS) is 12.4. The molecule has 0 radical (unpaired) electrons. The zero-order valence-corrected chi connectivity index (χ0v) is 9.49. The van der Waals surface area contributed by atoms with Crippen LogP contribution in [0.15, 0.2) is 24.3 Å². The highest BCUT2D eigenvalue weighted by molar-refractivity contribution is 5.73. The summed E-state index contributed by atoms with van der Waals surface area (Å²) in [5.41, 5.74) is 7.74. The van der Waals surface area contributed by atoms with Crippen LogP contribution < -0.4 is 5.73 Å². The molecule has 0 bridgehead atoms. The monoisotopic (exact) mass is 205 g/mol. The van der Waals surface area contributed by atoms with Gasteiger partial charge in [0.2, 0.25) is 5.91 Å². The molecular formula is C13H19NO. The van der Waals surface area contributed by atoms with Gasteiger partial charge in [-0.05, 0) is 31.2 Å². The van der Waals surface area contributed by atoms with Gasteiger partial charge in [-0.1, -0.05) is 36.8 Å². The lowest BCUT2D eigenvalue weighted by molar-refractivity contribution is -0.118. The van der Waals surface area contributed by atoms with Crippen molar-refractivity contribution in [3.05, 3.63) is 35.4 Å². The first-order chi connectivity index (χ1) is 7.13. The molecule has 0 heterocycles. The van der Waals surface area contributed by atoms with Gasteiger partial charge in [0.05, 0.1) is 0 Å². The smallest absolute Gasteiger partial charge is 0.217 e. The van der Waals surface area contributed by atoms with Gasteiger partial charge in [0, 0.05) is 6.42 Å². The van der Waals surface area contributed by atoms with Crippen molar-refractivity contribution < 1.29 is 4.79 Å². The number of benzene rings is 1. The van der Waals surface area contributed by atoms with E-state index >= 15 is 0 Å². The summed E-state index contributed by atoms with van der Waals surface area (Å²) >= 11 is 0. The van der Waals surface area contributed by atoms with Gasteiger partial charge in [0.25, 0.3) is 0 Å². The average Bonchev–Trinajstić information content (AvgIpc) is 2.21. The van der Waals surface area contributed by atoms with E-state index in [2.05, 4.69) is 38.1 Å². The van der Waals surface area contributed by atoms with Gasteiger partial charge >= 0.3 is 0 Å². The molecule has 0 saturated carbocycles. The van der Waals surface area contributed by atoms with Crippen molar-refractivity contribution in [2.24, 2.45) is 5.73 Å². The third-order valence-electron chi connectivity index (χ3n) is 2.78. The minimum absolute atomic E-state index is 0.208. The molecule has 1 amide bonds. The van der Waals surface area contributed by atoms with Gasteiger partial charge in [0.1, 0.15) is 0 Å². The number of primary amides is 1. The molecule has 0 saturated heterocycles. The summed E-state index contributed by atoms with van der Waals surface area (Å²) in [5, 5.41) is 0. The van der Waals surface area contributed by atoms with Crippen molar-refractivity contribution in [2.75, 3.05) is 0 Å². The van der Waals surface area contributed by atoms with E-state index in [1.165, 1.54) is 11.1 Å². The summed E-state index contributed by atoms with van der Waals surface area (Å²) < 4.78 is 0. The summed E-state index contributed by atoms with van der Waals surface area (Å²) in [4.78, 5) is 10.7. The summed E-state index contributed by atoms with van der Waals surface area (Å²) in [6.45, 7) is 4.22. The first-order valence-corrected chi connectivity index (χ1v) is 5.48. The lowest BCUT2D eigenvalue weighted by Crippen LogP contribution is -2.12. The minimum atomic E-state index is -0.208. The van der Waals surface area contributed by atoms with E-state index in [1.807, 2.05) is 0 Å². The molecule has 0 aliphatic heterocycles. The molecule has 0 spiro atoms. The fraction of sp³-hybridized carbons (Fsp3) is 0.462. The van der Waals surface area contributed by atoms with Crippen LogP contribution in [-0.2, 0) is 4.79 Å². The number of amides is 1. The van der Waals surface area contributed by atoms with Crippen molar-refractivity contribution in [3.8, 4) is 0 Å². The lowest BCUT2D eigenvalue weighted by Gasteiger charge is -2.14. The highest BCUT2D eigenvalue weighted by Gasteiger charge is 2.10. The molecule has 0 aliphatic rings. The van der Waals surface area contributed by atoms with Crippen LogP contribution >= 0.6 is 0 Å². The molecule has 15 heavy (non-hydrogen) atoms. The Bertz CT molecular complexity index is 316. The maximum absolute atomic E-state index is 10.7. The highest BCUT2D eigenvalue weighted by Crippen LogP contribution is 2.24. The average molecular weight is 205 g/mol. The molecule has 1 rings (SSSR count). The molecule has 1 atom stereocenters. The number of aryl methyl sites for hydroxylation is 1. The first-order valence-electron chi connectivity index (χ1n) is 5.48. The van der Waals surface area contributed by atoms with Crippen molar-refractivity contribution in [1.29, 1.82) is 0 Å². The highest BCUT2D eigenvalue weighted by atomic mass is 16.1. The Kier molecular flexibility index (Phi) is 4.35. The molecule has 2 N–H and O–H groups in total. The molecule has 0 aromatic heterocycles. The topological polar surface area (TPSA) is 43.1 Å². The van der Waals surface area contributed by atoms with Crippen LogP contribution in [0.3, 0.4) is 0 Å². The number of rotatable bonds is 5. The Hall–Kier alpha value is -1.31. The Morgan fingerprint density at radius 1 is 1.33 bits per heavy atom. The predicted octanol–water partition coefficient (Wildman–Crippen LogP) is 2.75. The van der Waals surface area contributed by atoms with E-state index in [-0.39, 0.29) is 5.91 Å². The van der Waals surface area contributed by atoms with Gasteiger partial charge in [-0.25, -0.2) is 0 Å². The van der Waals surface area contributed by atoms with Gasteiger partial charge in [-0.15, -0.1) is 0 Å². The second-order valence-electron chi connectivity index (χ2n) is 4.02. The van der Waals surface area contributed by atoms with E-state index in [1.54, 1.807) is 0 Å². The van der Waals surface area contributed by atoms with Crippen LogP contribution in [0.4, 0.5) is 0 Å². The van der Waals surface area contributed by atoms with Gasteiger partial charge in [-0.2, -0.15) is 0 Å². The fourth-order valence-electron chi connectivity index (χ4n) is 1.76. The molecule has 0 fully saturated rings. The Labute approximate surface area is 91.5 Å². The molecule has 1 aromatic carbocycles. The fourth-order valence-corrected chi connectivity index (χ4v) is 1.76. The van der Waals surface area contributed by atoms with Gasteiger partial charge < -0.3 is 5.73 Å². The van der Waals surface area contributed by atoms with Crippen molar-refractivity contribution in [3.63, 3.8) is 0 Å². The third-order valence-corrected chi connectivity index (χ3v) is 2.78. The van der Waals surface area contributed by atoms with Crippen molar-refractivity contribution in [1.82, 2.24) is 0 Å². The van der Waals surface area contributed by atoms with E-state index in [0.717, 1.165) is 12.8 Å². The molecule has 1 aromatic rings. The lowest BCUT2D eigenvalue weighted by atomic mass is 9.91. The van der Waals surface area contributed by atoms with E-state index in [9.17, 15) is 4.79 Å². The second-order valence-corrected chi connectivity index (χ2v) is 4.02. The van der Waals surface area contributed by atoms with Gasteiger partial charge in [0.15, 0.2) is 0 Å². The van der Waals surface area contributed by atoms with Crippen LogP contribution in [0, 0.1) is 6.92 Å². The summed E-state index contributed by atoms with van der Waals surface area (Å²) in [6.07, 6.45) is 2.39. The number of carbonyl (C=O) groups is 1. The third kappa shape index (κ3) is 3.74. The van der Waals surface area contributed by atoms with Crippen LogP contribution in [0.1, 0.15) is 43.2 Å². The quantitative estimate of drug-likeness (QED) is 0.789. The summed E-state index contributed by atoms with van der Waals surface area (Å²) in [5.74, 6) is 0.249. The molecule has 1 unspecified atom stereocenters. The SMILES string of the molecule is CCC(CCC(N)=O)c1ccc(C)cc1. The number of nitrogens with two attached hydrogens (primary N) is 1. The number of hydrogen-bond acceptors (Lipinski definition) is 1. The molecular weight excluding hydrogens is 186 g/mol. The standard InChI is InChI=1S/C13H19NO/c1-3-11(8-9-13(14)15)12-6-4-10(2)5-7-12/h4-7,11H,3,8-9H2,1-2H3,(H2,14,15). The zero-order valence-electron chi connectivity index (χ0n) is 9.49. The minimum Gasteiger partial charge on any atom is -0.370 e. The summed E-state index contributed by atoms with van der Waals surface area (Å²) in [7, 11) is 0. The maximum atomic E-state index is 10.7. The Morgan fingerprint density at radius 3 is 2.40 bits per heavy atom. The number of hydrogen-bond donors (Lipinski definition) is 1. The van der Waals surface area contributed by atoms with E-state index in [0.29, 0.717) is 12.3 Å². The molecule has 0 aliphatic carbocycles. The first kappa shape index (κ1) is 11.8. The van der Waals surface area contributed by atoms with Gasteiger partial charge in [-0.3, -0.25) is 4.79 Å². The zero-order chi connectivity index (χ0) is 11.3. The van der Waals surface area contributed by atoms with Crippen LogP contribution in [-0.4, -0.2) is 5.91 Å². The van der Waals surface area contributed by atoms with Crippen molar-refractivity contribution >= 4 is 5.91 Å². The van der Waals surface area contributed by atoms with Crippen LogP contribution in [0.2, 0.25) is 0 Å². The van der Waals surface area contributed by atoms with Crippen LogP contribution in [0.5, 0.6) is 0 Å². The van der Waals surface area contributed by atoms with E-state index < -0.39 is 0 Å². The largest absolute Gasteiger partial charge is 0.370 e. The molecule has 2 nitrogen and oxygen atoms in total. The van der Waals surface area contributed by atoms with E-state index in [4.69, 9.17) is 5.73 Å².